The molecule has 2 bridgehead atoms. The largest absolute Gasteiger partial charge is 0.445 e. The number of hydrogen-bond acceptors (Lipinski definition) is 4. The standard InChI is InChI=1S/C27H33NO4/c29-26(15-8-16-31-19-21-9-3-1-4-10-21)23-17-24-13-7-14-25(18-23)28(24)27(30)32-20-22-11-5-2-6-12-22/h1-6,9-12,23-25H,7-8,13-20H2. The predicted octanol–water partition coefficient (Wildman–Crippen LogP) is 5.52. The molecule has 0 aromatic heterocycles. The molecule has 170 valence electrons. The summed E-state index contributed by atoms with van der Waals surface area (Å²) in [5.41, 5.74) is 2.14. The summed E-state index contributed by atoms with van der Waals surface area (Å²) in [6.07, 6.45) is 5.64. The number of hydrogen-bond donors (Lipinski definition) is 0. The summed E-state index contributed by atoms with van der Waals surface area (Å²) in [6.45, 7) is 1.47. The minimum absolute atomic E-state index is 0.0533. The van der Waals surface area contributed by atoms with Crippen LogP contribution in [0, 0.1) is 5.92 Å². The first-order chi connectivity index (χ1) is 15.7. The van der Waals surface area contributed by atoms with Crippen LogP contribution in [0.3, 0.4) is 0 Å². The molecular formula is C27H33NO4. The summed E-state index contributed by atoms with van der Waals surface area (Å²) in [6, 6.07) is 20.1. The van der Waals surface area contributed by atoms with Crippen molar-refractivity contribution in [2.75, 3.05) is 6.61 Å². The van der Waals surface area contributed by atoms with Crippen LogP contribution >= 0.6 is 0 Å². The van der Waals surface area contributed by atoms with Crippen molar-refractivity contribution in [1.29, 1.82) is 0 Å². The van der Waals surface area contributed by atoms with Gasteiger partial charge in [-0.2, -0.15) is 0 Å². The van der Waals surface area contributed by atoms with Crippen LogP contribution in [0.2, 0.25) is 0 Å². The van der Waals surface area contributed by atoms with E-state index in [1.165, 1.54) is 0 Å². The van der Waals surface area contributed by atoms with Gasteiger partial charge in [0.1, 0.15) is 12.4 Å². The maximum atomic E-state index is 12.9. The number of nitrogens with zero attached hydrogens (tertiary/aromatic N) is 1. The lowest BCUT2D eigenvalue weighted by Gasteiger charge is -2.47. The highest BCUT2D eigenvalue weighted by Gasteiger charge is 2.43. The van der Waals surface area contributed by atoms with Crippen molar-refractivity contribution in [3.05, 3.63) is 71.8 Å². The van der Waals surface area contributed by atoms with Crippen molar-refractivity contribution in [2.24, 2.45) is 5.92 Å². The number of piperidine rings is 2. The van der Waals surface area contributed by atoms with Gasteiger partial charge in [-0.15, -0.1) is 0 Å². The smallest absolute Gasteiger partial charge is 0.410 e. The van der Waals surface area contributed by atoms with Crippen LogP contribution in [0.4, 0.5) is 4.79 Å². The Hall–Kier alpha value is -2.66. The van der Waals surface area contributed by atoms with Gasteiger partial charge in [-0.25, -0.2) is 4.79 Å². The maximum absolute atomic E-state index is 12.9. The van der Waals surface area contributed by atoms with Gasteiger partial charge in [0.2, 0.25) is 0 Å². The van der Waals surface area contributed by atoms with Gasteiger partial charge in [0.05, 0.1) is 6.61 Å². The molecule has 0 N–H and O–H groups in total. The monoisotopic (exact) mass is 435 g/mol. The molecule has 32 heavy (non-hydrogen) atoms. The van der Waals surface area contributed by atoms with Crippen LogP contribution in [0.5, 0.6) is 0 Å². The van der Waals surface area contributed by atoms with Crippen LogP contribution < -0.4 is 0 Å². The van der Waals surface area contributed by atoms with Gasteiger partial charge in [0.15, 0.2) is 0 Å². The molecule has 2 saturated heterocycles. The van der Waals surface area contributed by atoms with E-state index < -0.39 is 0 Å². The molecule has 5 heteroatoms. The van der Waals surface area contributed by atoms with E-state index in [0.29, 0.717) is 32.0 Å². The molecule has 5 nitrogen and oxygen atoms in total. The quantitative estimate of drug-likeness (QED) is 0.487. The van der Waals surface area contributed by atoms with Gasteiger partial charge in [-0.05, 0) is 49.7 Å². The Morgan fingerprint density at radius 2 is 1.44 bits per heavy atom. The molecule has 2 aromatic rings. The molecule has 0 aliphatic carbocycles. The van der Waals surface area contributed by atoms with E-state index in [1.54, 1.807) is 0 Å². The van der Waals surface area contributed by atoms with Crippen LogP contribution in [0.1, 0.15) is 56.1 Å². The number of carbonyl (C=O) groups is 2. The van der Waals surface area contributed by atoms with Crippen molar-refractivity contribution in [3.63, 3.8) is 0 Å². The number of ether oxygens (including phenoxy) is 2. The summed E-state index contributed by atoms with van der Waals surface area (Å²) in [7, 11) is 0. The molecular weight excluding hydrogens is 402 g/mol. The minimum Gasteiger partial charge on any atom is -0.445 e. The summed E-state index contributed by atoms with van der Waals surface area (Å²) >= 11 is 0. The van der Waals surface area contributed by atoms with Crippen LogP contribution in [-0.4, -0.2) is 35.5 Å². The molecule has 2 atom stereocenters. The third-order valence-electron chi connectivity index (χ3n) is 6.67. The number of rotatable bonds is 9. The van der Waals surface area contributed by atoms with E-state index in [2.05, 4.69) is 0 Å². The molecule has 2 heterocycles. The second-order valence-corrected chi connectivity index (χ2v) is 8.96. The van der Waals surface area contributed by atoms with Gasteiger partial charge in [-0.1, -0.05) is 60.7 Å². The Labute approximate surface area is 190 Å². The van der Waals surface area contributed by atoms with Gasteiger partial charge in [0, 0.05) is 31.0 Å². The fraction of sp³-hybridized carbons (Fsp3) is 0.481. The zero-order chi connectivity index (χ0) is 22.2. The number of benzene rings is 2. The molecule has 0 saturated carbocycles. The van der Waals surface area contributed by atoms with Crippen molar-refractivity contribution in [2.45, 2.75) is 70.2 Å². The van der Waals surface area contributed by atoms with Crippen LogP contribution in [0.15, 0.2) is 60.7 Å². The Kier molecular flexibility index (Phi) is 7.94. The Balaban J connectivity index is 1.21. The van der Waals surface area contributed by atoms with E-state index in [4.69, 9.17) is 9.47 Å². The van der Waals surface area contributed by atoms with Crippen molar-refractivity contribution in [1.82, 2.24) is 4.90 Å². The van der Waals surface area contributed by atoms with E-state index in [1.807, 2.05) is 65.6 Å². The van der Waals surface area contributed by atoms with Crippen molar-refractivity contribution in [3.8, 4) is 0 Å². The second-order valence-electron chi connectivity index (χ2n) is 8.96. The molecule has 4 rings (SSSR count). The lowest BCUT2D eigenvalue weighted by Crippen LogP contribution is -2.55. The average Bonchev–Trinajstić information content (AvgIpc) is 2.82. The van der Waals surface area contributed by atoms with Crippen molar-refractivity contribution < 1.29 is 19.1 Å². The van der Waals surface area contributed by atoms with Gasteiger partial charge in [-0.3, -0.25) is 4.79 Å². The van der Waals surface area contributed by atoms with E-state index in [0.717, 1.165) is 49.7 Å². The molecule has 2 unspecified atom stereocenters. The van der Waals surface area contributed by atoms with Crippen LogP contribution in [0.25, 0.3) is 0 Å². The Morgan fingerprint density at radius 1 is 0.844 bits per heavy atom. The van der Waals surface area contributed by atoms with Gasteiger partial charge >= 0.3 is 6.09 Å². The first-order valence-corrected chi connectivity index (χ1v) is 11.8. The normalized spacial score (nSPS) is 22.4. The average molecular weight is 436 g/mol. The first-order valence-electron chi connectivity index (χ1n) is 11.8. The third-order valence-corrected chi connectivity index (χ3v) is 6.67. The summed E-state index contributed by atoms with van der Waals surface area (Å²) < 4.78 is 11.3. The number of ketones is 1. The summed E-state index contributed by atoms with van der Waals surface area (Å²) in [4.78, 5) is 27.6. The summed E-state index contributed by atoms with van der Waals surface area (Å²) in [5, 5.41) is 0. The number of carbonyl (C=O) groups excluding carboxylic acids is 2. The molecule has 1 amide bonds. The number of amides is 1. The third kappa shape index (κ3) is 5.98. The highest BCUT2D eigenvalue weighted by Crippen LogP contribution is 2.38. The molecule has 2 aliphatic rings. The Morgan fingerprint density at radius 3 is 2.06 bits per heavy atom. The number of Topliss-reactive ketones (excluding diaryl/α,β-unsaturated/α-hetero) is 1. The van der Waals surface area contributed by atoms with Crippen LogP contribution in [-0.2, 0) is 27.5 Å². The fourth-order valence-corrected chi connectivity index (χ4v) is 5.05. The molecule has 0 radical (unpaired) electrons. The highest BCUT2D eigenvalue weighted by atomic mass is 16.6. The molecule has 0 spiro atoms. The fourth-order valence-electron chi connectivity index (χ4n) is 5.05. The van der Waals surface area contributed by atoms with Crippen molar-refractivity contribution >= 4 is 11.9 Å². The summed E-state index contributed by atoms with van der Waals surface area (Å²) in [5.74, 6) is 0.375. The SMILES string of the molecule is O=C(CCCOCc1ccccc1)C1CC2CCCC(C1)N2C(=O)OCc1ccccc1. The predicted molar refractivity (Wildman–Crippen MR) is 123 cm³/mol. The van der Waals surface area contributed by atoms with E-state index >= 15 is 0 Å². The zero-order valence-corrected chi connectivity index (χ0v) is 18.7. The first kappa shape index (κ1) is 22.5. The van der Waals surface area contributed by atoms with Gasteiger partial charge in [0.25, 0.3) is 0 Å². The van der Waals surface area contributed by atoms with Gasteiger partial charge < -0.3 is 14.4 Å². The minimum atomic E-state index is -0.233. The van der Waals surface area contributed by atoms with E-state index in [-0.39, 0.29) is 24.1 Å². The molecule has 2 aliphatic heterocycles. The number of fused-ring (bicyclic) bond motifs is 2. The molecule has 2 fully saturated rings. The molecule has 2 aromatic carbocycles. The maximum Gasteiger partial charge on any atom is 0.410 e. The van der Waals surface area contributed by atoms with E-state index in [9.17, 15) is 9.59 Å². The lowest BCUT2D eigenvalue weighted by molar-refractivity contribution is -0.127. The zero-order valence-electron chi connectivity index (χ0n) is 18.7. The topological polar surface area (TPSA) is 55.8 Å². The highest BCUT2D eigenvalue weighted by molar-refractivity contribution is 5.81. The lowest BCUT2D eigenvalue weighted by atomic mass is 9.76. The second kappa shape index (κ2) is 11.3. The Bertz CT molecular complexity index is 856.